The molecule has 1 fully saturated rings. The fourth-order valence-electron chi connectivity index (χ4n) is 5.23. The van der Waals surface area contributed by atoms with E-state index in [-0.39, 0.29) is 18.4 Å². The lowest BCUT2D eigenvalue weighted by atomic mass is 9.73. The number of ether oxygens (including phenoxy) is 2. The lowest BCUT2D eigenvalue weighted by Gasteiger charge is -2.31. The maximum atomic E-state index is 13.4. The number of carboxylic acids is 1. The summed E-state index contributed by atoms with van der Waals surface area (Å²) >= 11 is 0. The van der Waals surface area contributed by atoms with E-state index in [1.807, 2.05) is 13.8 Å². The van der Waals surface area contributed by atoms with E-state index in [1.54, 1.807) is 62.8 Å². The summed E-state index contributed by atoms with van der Waals surface area (Å²) in [5.74, 6) is -3.31. The largest absolute Gasteiger partial charge is 0.497 e. The van der Waals surface area contributed by atoms with Crippen molar-refractivity contribution in [3.63, 3.8) is 0 Å². The smallest absolute Gasteiger partial charge is 0.308 e. The van der Waals surface area contributed by atoms with Gasteiger partial charge < -0.3 is 30.5 Å². The monoisotopic (exact) mass is 525 g/mol. The first-order valence-electron chi connectivity index (χ1n) is 13.2. The Morgan fingerprint density at radius 1 is 0.842 bits per heavy atom. The predicted octanol–water partition coefficient (Wildman–Crippen LogP) is 2.91. The number of carbonyl (C=O) groups is 3. The van der Waals surface area contributed by atoms with Crippen molar-refractivity contribution in [2.75, 3.05) is 33.9 Å². The van der Waals surface area contributed by atoms with Gasteiger partial charge in [0.2, 0.25) is 11.8 Å². The summed E-state index contributed by atoms with van der Waals surface area (Å²) in [6, 6.07) is 13.5. The molecule has 0 aliphatic carbocycles. The Hall–Kier alpha value is -3.59. The highest BCUT2D eigenvalue weighted by atomic mass is 16.5. The zero-order valence-corrected chi connectivity index (χ0v) is 22.5. The molecule has 0 bridgehead atoms. The van der Waals surface area contributed by atoms with Crippen molar-refractivity contribution in [1.82, 2.24) is 16.0 Å². The van der Waals surface area contributed by atoms with Crippen LogP contribution in [0.5, 0.6) is 11.5 Å². The van der Waals surface area contributed by atoms with Crippen molar-refractivity contribution in [3.8, 4) is 11.5 Å². The molecule has 1 aliphatic rings. The molecular formula is C29H39N3O6. The normalized spacial score (nSPS) is 20.3. The fraction of sp³-hybridized carbons (Fsp3) is 0.483. The van der Waals surface area contributed by atoms with Crippen LogP contribution in [0.15, 0.2) is 48.5 Å². The second-order valence-corrected chi connectivity index (χ2v) is 9.55. The van der Waals surface area contributed by atoms with E-state index in [2.05, 4.69) is 16.0 Å². The molecule has 9 nitrogen and oxygen atoms in total. The minimum Gasteiger partial charge on any atom is -0.497 e. The average molecular weight is 526 g/mol. The standard InChI is InChI=1S/C29H39N3O6/c1-5-15-30-27(33)23(18-7-11-20(37-3)12-8-18)22-17-32-26(25(22)29(35)36)24(28(34)31-16-6-2)19-9-13-21(38-4)14-10-19/h7-14,22-26,32H,5-6,15-17H2,1-4H3,(H,30,33)(H,31,34)(H,35,36). The average Bonchev–Trinajstić information content (AvgIpc) is 3.36. The van der Waals surface area contributed by atoms with Gasteiger partial charge in [0.25, 0.3) is 0 Å². The third kappa shape index (κ3) is 6.64. The number of aliphatic carboxylic acids is 1. The van der Waals surface area contributed by atoms with Crippen LogP contribution in [0.4, 0.5) is 0 Å². The highest BCUT2D eigenvalue weighted by Gasteiger charge is 2.51. The fourth-order valence-corrected chi connectivity index (χ4v) is 5.23. The molecule has 0 spiro atoms. The maximum Gasteiger partial charge on any atom is 0.308 e. The molecule has 3 rings (SSSR count). The van der Waals surface area contributed by atoms with Crippen LogP contribution in [0.1, 0.15) is 49.7 Å². The predicted molar refractivity (Wildman–Crippen MR) is 144 cm³/mol. The number of carboxylic acid groups (broad SMARTS) is 1. The summed E-state index contributed by atoms with van der Waals surface area (Å²) < 4.78 is 10.5. The molecule has 2 aromatic carbocycles. The van der Waals surface area contributed by atoms with Gasteiger partial charge in [0.05, 0.1) is 32.0 Å². The van der Waals surface area contributed by atoms with E-state index in [0.717, 1.165) is 12.8 Å². The molecule has 5 atom stereocenters. The topological polar surface area (TPSA) is 126 Å². The quantitative estimate of drug-likeness (QED) is 0.317. The van der Waals surface area contributed by atoms with Crippen molar-refractivity contribution in [3.05, 3.63) is 59.7 Å². The third-order valence-electron chi connectivity index (χ3n) is 7.12. The Kier molecular flexibility index (Phi) is 10.5. The van der Waals surface area contributed by atoms with E-state index in [1.165, 1.54) is 0 Å². The molecule has 9 heteroatoms. The number of hydrogen-bond donors (Lipinski definition) is 4. The summed E-state index contributed by atoms with van der Waals surface area (Å²) in [7, 11) is 3.13. The second kappa shape index (κ2) is 13.8. The Balaban J connectivity index is 2.03. The number of nitrogens with one attached hydrogen (secondary N) is 3. The van der Waals surface area contributed by atoms with Gasteiger partial charge in [0, 0.05) is 31.6 Å². The number of amides is 2. The van der Waals surface area contributed by atoms with E-state index in [0.29, 0.717) is 35.7 Å². The van der Waals surface area contributed by atoms with Crippen molar-refractivity contribution >= 4 is 17.8 Å². The molecular weight excluding hydrogens is 486 g/mol. The zero-order chi connectivity index (χ0) is 27.7. The molecule has 1 heterocycles. The molecule has 1 aliphatic heterocycles. The van der Waals surface area contributed by atoms with Gasteiger partial charge in [-0.2, -0.15) is 0 Å². The lowest BCUT2D eigenvalue weighted by Crippen LogP contribution is -2.46. The summed E-state index contributed by atoms with van der Waals surface area (Å²) in [6.07, 6.45) is 1.51. The Morgan fingerprint density at radius 2 is 1.29 bits per heavy atom. The highest BCUT2D eigenvalue weighted by molar-refractivity contribution is 5.88. The summed E-state index contributed by atoms with van der Waals surface area (Å²) in [5.41, 5.74) is 1.38. The minimum absolute atomic E-state index is 0.229. The molecule has 2 amide bonds. The van der Waals surface area contributed by atoms with E-state index in [9.17, 15) is 19.5 Å². The van der Waals surface area contributed by atoms with Crippen LogP contribution in [-0.4, -0.2) is 62.8 Å². The molecule has 206 valence electrons. The van der Waals surface area contributed by atoms with Crippen LogP contribution in [0.25, 0.3) is 0 Å². The van der Waals surface area contributed by atoms with Crippen LogP contribution in [0.3, 0.4) is 0 Å². The molecule has 5 unspecified atom stereocenters. The summed E-state index contributed by atoms with van der Waals surface area (Å²) in [5, 5.41) is 19.7. The van der Waals surface area contributed by atoms with E-state index >= 15 is 0 Å². The Labute approximate surface area is 224 Å². The zero-order valence-electron chi connectivity index (χ0n) is 22.5. The van der Waals surface area contributed by atoms with Crippen molar-refractivity contribution in [1.29, 1.82) is 0 Å². The van der Waals surface area contributed by atoms with Gasteiger partial charge in [-0.05, 0) is 48.2 Å². The van der Waals surface area contributed by atoms with Crippen molar-refractivity contribution < 1.29 is 29.0 Å². The number of carbonyl (C=O) groups excluding carboxylic acids is 2. The van der Waals surface area contributed by atoms with Crippen LogP contribution >= 0.6 is 0 Å². The van der Waals surface area contributed by atoms with Gasteiger partial charge in [-0.1, -0.05) is 38.1 Å². The van der Waals surface area contributed by atoms with Crippen LogP contribution in [-0.2, 0) is 14.4 Å². The first-order valence-corrected chi connectivity index (χ1v) is 13.2. The molecule has 0 radical (unpaired) electrons. The number of rotatable bonds is 13. The third-order valence-corrected chi connectivity index (χ3v) is 7.12. The number of benzene rings is 2. The number of methoxy groups -OCH3 is 2. The van der Waals surface area contributed by atoms with Crippen LogP contribution in [0, 0.1) is 11.8 Å². The van der Waals surface area contributed by atoms with Gasteiger partial charge in [0.15, 0.2) is 0 Å². The summed E-state index contributed by atoms with van der Waals surface area (Å²) in [4.78, 5) is 39.7. The van der Waals surface area contributed by atoms with Gasteiger partial charge in [-0.3, -0.25) is 14.4 Å². The minimum atomic E-state index is -1.05. The molecule has 0 aromatic heterocycles. The van der Waals surface area contributed by atoms with Crippen molar-refractivity contribution in [2.45, 2.75) is 44.6 Å². The van der Waals surface area contributed by atoms with Crippen LogP contribution < -0.4 is 25.4 Å². The maximum absolute atomic E-state index is 13.4. The Morgan fingerprint density at radius 3 is 1.71 bits per heavy atom. The molecule has 2 aromatic rings. The first kappa shape index (κ1) is 29.0. The van der Waals surface area contributed by atoms with E-state index in [4.69, 9.17) is 9.47 Å². The van der Waals surface area contributed by atoms with Gasteiger partial charge >= 0.3 is 5.97 Å². The molecule has 0 saturated carbocycles. The van der Waals surface area contributed by atoms with Gasteiger partial charge in [-0.25, -0.2) is 0 Å². The second-order valence-electron chi connectivity index (χ2n) is 9.55. The molecule has 38 heavy (non-hydrogen) atoms. The highest BCUT2D eigenvalue weighted by Crippen LogP contribution is 2.41. The van der Waals surface area contributed by atoms with Crippen LogP contribution in [0.2, 0.25) is 0 Å². The molecule has 1 saturated heterocycles. The lowest BCUT2D eigenvalue weighted by molar-refractivity contribution is -0.144. The van der Waals surface area contributed by atoms with Gasteiger partial charge in [-0.15, -0.1) is 0 Å². The Bertz CT molecular complexity index is 993. The number of hydrogen-bond acceptors (Lipinski definition) is 6. The van der Waals surface area contributed by atoms with E-state index < -0.39 is 35.7 Å². The summed E-state index contributed by atoms with van der Waals surface area (Å²) in [6.45, 7) is 5.16. The first-order chi connectivity index (χ1) is 18.4. The van der Waals surface area contributed by atoms with Gasteiger partial charge in [0.1, 0.15) is 11.5 Å². The SMILES string of the molecule is CCCNC(=O)C(c1ccc(OC)cc1)C1CNC(C(C(=O)NCCC)c2ccc(OC)cc2)C1C(=O)O. The molecule has 4 N–H and O–H groups in total. The van der Waals surface area contributed by atoms with Crippen molar-refractivity contribution in [2.24, 2.45) is 11.8 Å².